The van der Waals surface area contributed by atoms with E-state index < -0.39 is 5.41 Å². The molecular formula is C17H32N2O3. The summed E-state index contributed by atoms with van der Waals surface area (Å²) in [4.78, 5) is 26.6. The Hall–Kier alpha value is -1.10. The first-order chi connectivity index (χ1) is 10.1. The van der Waals surface area contributed by atoms with E-state index in [1.807, 2.05) is 25.7 Å². The molecule has 0 spiro atoms. The van der Waals surface area contributed by atoms with Crippen molar-refractivity contribution in [1.82, 2.24) is 10.2 Å². The van der Waals surface area contributed by atoms with Crippen molar-refractivity contribution in [2.75, 3.05) is 19.7 Å². The molecule has 128 valence electrons. The zero-order chi connectivity index (χ0) is 16.9. The van der Waals surface area contributed by atoms with Crippen molar-refractivity contribution < 1.29 is 14.7 Å². The van der Waals surface area contributed by atoms with Crippen LogP contribution in [0.4, 0.5) is 0 Å². The van der Waals surface area contributed by atoms with Crippen LogP contribution in [-0.2, 0) is 9.59 Å². The maximum Gasteiger partial charge on any atom is 0.227 e. The van der Waals surface area contributed by atoms with Gasteiger partial charge in [-0.1, -0.05) is 34.6 Å². The summed E-state index contributed by atoms with van der Waals surface area (Å²) in [5, 5.41) is 12.3. The van der Waals surface area contributed by atoms with Crippen LogP contribution in [0.15, 0.2) is 0 Å². The molecule has 2 amide bonds. The Morgan fingerprint density at radius 1 is 1.32 bits per heavy atom. The summed E-state index contributed by atoms with van der Waals surface area (Å²) in [5.41, 5.74) is -0.413. The molecule has 1 rings (SSSR count). The Balaban J connectivity index is 2.60. The zero-order valence-corrected chi connectivity index (χ0v) is 14.7. The van der Waals surface area contributed by atoms with Crippen LogP contribution in [0.1, 0.15) is 53.9 Å². The highest BCUT2D eigenvalue weighted by Gasteiger charge is 2.33. The van der Waals surface area contributed by atoms with Gasteiger partial charge in [0, 0.05) is 18.5 Å². The monoisotopic (exact) mass is 312 g/mol. The van der Waals surface area contributed by atoms with Gasteiger partial charge in [-0.25, -0.2) is 0 Å². The number of rotatable bonds is 5. The number of nitrogens with one attached hydrogen (secondary N) is 1. The summed E-state index contributed by atoms with van der Waals surface area (Å²) in [7, 11) is 0. The lowest BCUT2D eigenvalue weighted by molar-refractivity contribution is -0.143. The van der Waals surface area contributed by atoms with Gasteiger partial charge in [-0.05, 0) is 25.2 Å². The van der Waals surface area contributed by atoms with E-state index in [-0.39, 0.29) is 30.4 Å². The summed E-state index contributed by atoms with van der Waals surface area (Å²) in [5.74, 6) is 0.320. The fraction of sp³-hybridized carbons (Fsp3) is 0.882. The molecule has 5 heteroatoms. The number of carbonyl (C=O) groups is 2. The molecule has 0 aromatic heterocycles. The number of piperidine rings is 1. The number of hydrogen-bond donors (Lipinski definition) is 2. The summed E-state index contributed by atoms with van der Waals surface area (Å²) in [6.45, 7) is 11.0. The third kappa shape index (κ3) is 5.59. The topological polar surface area (TPSA) is 69.6 Å². The summed E-state index contributed by atoms with van der Waals surface area (Å²) in [6, 6.07) is -0.193. The van der Waals surface area contributed by atoms with Crippen molar-refractivity contribution in [3.05, 3.63) is 0 Å². The molecule has 1 fully saturated rings. The van der Waals surface area contributed by atoms with Crippen molar-refractivity contribution in [2.24, 2.45) is 17.3 Å². The number of aliphatic hydroxyl groups is 1. The van der Waals surface area contributed by atoms with Crippen LogP contribution in [-0.4, -0.2) is 47.6 Å². The molecule has 5 nitrogen and oxygen atoms in total. The van der Waals surface area contributed by atoms with Crippen LogP contribution in [0.2, 0.25) is 0 Å². The number of amides is 2. The van der Waals surface area contributed by atoms with Gasteiger partial charge in [-0.3, -0.25) is 9.59 Å². The third-order valence-corrected chi connectivity index (χ3v) is 4.04. The Morgan fingerprint density at radius 3 is 2.45 bits per heavy atom. The smallest absolute Gasteiger partial charge is 0.227 e. The minimum absolute atomic E-state index is 0.0360. The number of hydrogen-bond acceptors (Lipinski definition) is 3. The largest absolute Gasteiger partial charge is 0.394 e. The highest BCUT2D eigenvalue weighted by molar-refractivity contribution is 5.84. The van der Waals surface area contributed by atoms with Gasteiger partial charge in [0.1, 0.15) is 0 Å². The first-order valence-electron chi connectivity index (χ1n) is 8.35. The Labute approximate surface area is 134 Å². The van der Waals surface area contributed by atoms with Crippen LogP contribution >= 0.6 is 0 Å². The van der Waals surface area contributed by atoms with E-state index in [0.717, 1.165) is 25.8 Å². The Morgan fingerprint density at radius 2 is 1.95 bits per heavy atom. The summed E-state index contributed by atoms with van der Waals surface area (Å²) in [6.07, 6.45) is 2.42. The van der Waals surface area contributed by atoms with Gasteiger partial charge in [0.25, 0.3) is 0 Å². The average Bonchev–Trinajstić information content (AvgIpc) is 2.44. The van der Waals surface area contributed by atoms with E-state index in [0.29, 0.717) is 12.5 Å². The minimum Gasteiger partial charge on any atom is -0.394 e. The Kier molecular flexibility index (Phi) is 6.85. The predicted octanol–water partition coefficient (Wildman–Crippen LogP) is 1.79. The number of likely N-dealkylation sites (tertiary alicyclic amines) is 1. The lowest BCUT2D eigenvalue weighted by Gasteiger charge is -2.36. The lowest BCUT2D eigenvalue weighted by atomic mass is 9.90. The quantitative estimate of drug-likeness (QED) is 0.813. The van der Waals surface area contributed by atoms with Crippen molar-refractivity contribution in [3.8, 4) is 0 Å². The number of nitrogens with zero attached hydrogens (tertiary/aromatic N) is 1. The van der Waals surface area contributed by atoms with Crippen molar-refractivity contribution >= 4 is 11.8 Å². The second-order valence-corrected chi connectivity index (χ2v) is 7.86. The van der Waals surface area contributed by atoms with Crippen molar-refractivity contribution in [2.45, 2.75) is 59.9 Å². The SMILES string of the molecule is CC(C)CC(CO)NC(=O)C1CCCN(C(=O)C(C)(C)C)C1. The fourth-order valence-electron chi connectivity index (χ4n) is 2.92. The maximum atomic E-state index is 12.4. The normalized spacial score (nSPS) is 20.9. The molecule has 1 aliphatic heterocycles. The minimum atomic E-state index is -0.413. The highest BCUT2D eigenvalue weighted by Crippen LogP contribution is 2.23. The molecule has 0 bridgehead atoms. The molecule has 1 heterocycles. The number of carbonyl (C=O) groups excluding carboxylic acids is 2. The van der Waals surface area contributed by atoms with Gasteiger partial charge in [-0.2, -0.15) is 0 Å². The summed E-state index contributed by atoms with van der Waals surface area (Å²) >= 11 is 0. The molecule has 0 aliphatic carbocycles. The molecule has 0 aromatic rings. The first kappa shape index (κ1) is 18.9. The molecule has 22 heavy (non-hydrogen) atoms. The molecule has 2 atom stereocenters. The highest BCUT2D eigenvalue weighted by atomic mass is 16.3. The standard InChI is InChI=1S/C17H32N2O3/c1-12(2)9-14(11-20)18-15(21)13-7-6-8-19(10-13)16(22)17(3,4)5/h12-14,20H,6-11H2,1-5H3,(H,18,21). The molecule has 0 radical (unpaired) electrons. The van der Waals surface area contributed by atoms with E-state index in [1.165, 1.54) is 0 Å². The number of aliphatic hydroxyl groups excluding tert-OH is 1. The first-order valence-corrected chi connectivity index (χ1v) is 8.35. The van der Waals surface area contributed by atoms with Gasteiger partial charge in [-0.15, -0.1) is 0 Å². The molecule has 1 saturated heterocycles. The van der Waals surface area contributed by atoms with Crippen LogP contribution in [0, 0.1) is 17.3 Å². The summed E-state index contributed by atoms with van der Waals surface area (Å²) < 4.78 is 0. The zero-order valence-electron chi connectivity index (χ0n) is 14.7. The fourth-order valence-corrected chi connectivity index (χ4v) is 2.92. The second kappa shape index (κ2) is 7.95. The molecule has 1 aliphatic rings. The van der Waals surface area contributed by atoms with Gasteiger partial charge in [0.05, 0.1) is 18.6 Å². The van der Waals surface area contributed by atoms with E-state index in [9.17, 15) is 14.7 Å². The van der Waals surface area contributed by atoms with Crippen LogP contribution < -0.4 is 5.32 Å². The molecule has 2 N–H and O–H groups in total. The lowest BCUT2D eigenvalue weighted by Crippen LogP contribution is -2.50. The van der Waals surface area contributed by atoms with Crippen LogP contribution in [0.3, 0.4) is 0 Å². The van der Waals surface area contributed by atoms with E-state index >= 15 is 0 Å². The average molecular weight is 312 g/mol. The molecular weight excluding hydrogens is 280 g/mol. The van der Waals surface area contributed by atoms with Crippen molar-refractivity contribution in [1.29, 1.82) is 0 Å². The van der Waals surface area contributed by atoms with E-state index in [2.05, 4.69) is 19.2 Å². The molecule has 0 aromatic carbocycles. The van der Waals surface area contributed by atoms with Gasteiger partial charge < -0.3 is 15.3 Å². The van der Waals surface area contributed by atoms with Crippen LogP contribution in [0.5, 0.6) is 0 Å². The maximum absolute atomic E-state index is 12.4. The molecule has 0 saturated carbocycles. The van der Waals surface area contributed by atoms with Crippen LogP contribution in [0.25, 0.3) is 0 Å². The second-order valence-electron chi connectivity index (χ2n) is 7.86. The van der Waals surface area contributed by atoms with Crippen molar-refractivity contribution in [3.63, 3.8) is 0 Å². The van der Waals surface area contributed by atoms with E-state index in [1.54, 1.807) is 0 Å². The molecule has 2 unspecified atom stereocenters. The Bertz CT molecular complexity index is 388. The van der Waals surface area contributed by atoms with Gasteiger partial charge in [0.2, 0.25) is 11.8 Å². The third-order valence-electron chi connectivity index (χ3n) is 4.04. The van der Waals surface area contributed by atoms with Gasteiger partial charge >= 0.3 is 0 Å². The van der Waals surface area contributed by atoms with E-state index in [4.69, 9.17) is 0 Å². The van der Waals surface area contributed by atoms with Gasteiger partial charge in [0.15, 0.2) is 0 Å². The predicted molar refractivity (Wildman–Crippen MR) is 87.2 cm³/mol.